The highest BCUT2D eigenvalue weighted by atomic mass is 16.4. The largest absolute Gasteiger partial charge is 0.481 e. The highest BCUT2D eigenvalue weighted by molar-refractivity contribution is 5.94. The monoisotopic (exact) mass is 260 g/mol. The molecule has 0 bridgehead atoms. The number of hydrogen-bond donors (Lipinski definition) is 3. The van der Waals surface area contributed by atoms with E-state index in [4.69, 9.17) is 10.8 Å². The molecule has 4 N–H and O–H groups in total. The van der Waals surface area contributed by atoms with E-state index in [1.165, 1.54) is 0 Å². The van der Waals surface area contributed by atoms with Gasteiger partial charge in [0, 0.05) is 18.2 Å². The maximum absolute atomic E-state index is 12.0. The number of aliphatic carboxylic acids is 1. The van der Waals surface area contributed by atoms with Crippen molar-refractivity contribution >= 4 is 11.9 Å². The van der Waals surface area contributed by atoms with Gasteiger partial charge in [-0.15, -0.1) is 0 Å². The summed E-state index contributed by atoms with van der Waals surface area (Å²) in [5, 5.41) is 11.7. The molecule has 1 aliphatic rings. The number of carboxylic acids is 1. The second-order valence-electron chi connectivity index (χ2n) is 4.55. The van der Waals surface area contributed by atoms with Crippen LogP contribution in [-0.2, 0) is 11.3 Å². The Kier molecular flexibility index (Phi) is 3.97. The molecule has 1 aromatic rings. The summed E-state index contributed by atoms with van der Waals surface area (Å²) < 4.78 is 0. The summed E-state index contributed by atoms with van der Waals surface area (Å²) in [6.07, 6.45) is 3.75. The zero-order valence-corrected chi connectivity index (χ0v) is 10.4. The van der Waals surface area contributed by atoms with Crippen molar-refractivity contribution in [2.24, 2.45) is 11.7 Å². The fraction of sp³-hybridized carbons (Fsp3) is 0.286. The number of carbonyl (C=O) groups excluding carboxylic acids is 1. The van der Waals surface area contributed by atoms with Crippen molar-refractivity contribution in [1.29, 1.82) is 0 Å². The van der Waals surface area contributed by atoms with Gasteiger partial charge in [-0.05, 0) is 24.1 Å². The van der Waals surface area contributed by atoms with Gasteiger partial charge in [0.05, 0.1) is 5.92 Å². The summed E-state index contributed by atoms with van der Waals surface area (Å²) >= 11 is 0. The molecule has 2 rings (SSSR count). The molecule has 0 radical (unpaired) electrons. The van der Waals surface area contributed by atoms with E-state index in [2.05, 4.69) is 5.32 Å². The second kappa shape index (κ2) is 5.67. The normalized spacial score (nSPS) is 21.3. The van der Waals surface area contributed by atoms with E-state index in [1.807, 2.05) is 0 Å². The molecule has 0 aromatic heterocycles. The number of hydrogen-bond acceptors (Lipinski definition) is 3. The zero-order valence-electron chi connectivity index (χ0n) is 10.4. The van der Waals surface area contributed by atoms with Crippen LogP contribution < -0.4 is 11.1 Å². The summed E-state index contributed by atoms with van der Waals surface area (Å²) in [6.45, 7) is 0.438. The van der Waals surface area contributed by atoms with Crippen molar-refractivity contribution in [3.05, 3.63) is 47.5 Å². The van der Waals surface area contributed by atoms with Gasteiger partial charge in [0.2, 0.25) is 0 Å². The van der Waals surface area contributed by atoms with Crippen molar-refractivity contribution in [3.8, 4) is 0 Å². The number of carboxylic acid groups (broad SMARTS) is 1. The summed E-state index contributed by atoms with van der Waals surface area (Å²) in [6, 6.07) is 6.82. The van der Waals surface area contributed by atoms with E-state index in [0.29, 0.717) is 18.5 Å². The van der Waals surface area contributed by atoms with Gasteiger partial charge in [0.1, 0.15) is 0 Å². The van der Waals surface area contributed by atoms with Crippen molar-refractivity contribution in [2.45, 2.75) is 19.0 Å². The molecule has 100 valence electrons. The molecule has 2 unspecified atom stereocenters. The van der Waals surface area contributed by atoms with E-state index in [1.54, 1.807) is 36.4 Å². The van der Waals surface area contributed by atoms with Crippen LogP contribution in [0.2, 0.25) is 0 Å². The number of carbonyl (C=O) groups is 2. The Hall–Kier alpha value is -2.14. The van der Waals surface area contributed by atoms with Crippen LogP contribution in [0.4, 0.5) is 0 Å². The summed E-state index contributed by atoms with van der Waals surface area (Å²) in [5.41, 5.74) is 6.99. The maximum Gasteiger partial charge on any atom is 0.310 e. The Balaban J connectivity index is 1.94. The molecule has 0 saturated heterocycles. The Morgan fingerprint density at radius 3 is 2.47 bits per heavy atom. The molecule has 0 spiro atoms. The van der Waals surface area contributed by atoms with E-state index in [9.17, 15) is 9.59 Å². The van der Waals surface area contributed by atoms with Crippen LogP contribution >= 0.6 is 0 Å². The Morgan fingerprint density at radius 1 is 1.26 bits per heavy atom. The van der Waals surface area contributed by atoms with Crippen LogP contribution in [0.3, 0.4) is 0 Å². The van der Waals surface area contributed by atoms with E-state index < -0.39 is 11.9 Å². The molecule has 0 fully saturated rings. The van der Waals surface area contributed by atoms with Crippen LogP contribution in [0.15, 0.2) is 36.4 Å². The Labute approximate surface area is 111 Å². The number of nitrogens with one attached hydrogen (secondary N) is 1. The lowest BCUT2D eigenvalue weighted by Gasteiger charge is -2.12. The van der Waals surface area contributed by atoms with Gasteiger partial charge in [-0.3, -0.25) is 9.59 Å². The highest BCUT2D eigenvalue weighted by Gasteiger charge is 2.25. The van der Waals surface area contributed by atoms with Crippen molar-refractivity contribution in [2.75, 3.05) is 0 Å². The van der Waals surface area contributed by atoms with Gasteiger partial charge in [-0.2, -0.15) is 0 Å². The lowest BCUT2D eigenvalue weighted by Crippen LogP contribution is -2.33. The first-order valence-corrected chi connectivity index (χ1v) is 6.11. The van der Waals surface area contributed by atoms with Crippen LogP contribution in [0.1, 0.15) is 22.3 Å². The third-order valence-electron chi connectivity index (χ3n) is 3.17. The van der Waals surface area contributed by atoms with Crippen molar-refractivity contribution in [3.63, 3.8) is 0 Å². The third kappa shape index (κ3) is 3.20. The van der Waals surface area contributed by atoms with Gasteiger partial charge in [-0.1, -0.05) is 24.3 Å². The molecule has 0 heterocycles. The highest BCUT2D eigenvalue weighted by Crippen LogP contribution is 2.18. The summed E-state index contributed by atoms with van der Waals surface area (Å²) in [5.74, 6) is -1.57. The number of rotatable bonds is 4. The predicted molar refractivity (Wildman–Crippen MR) is 70.5 cm³/mol. The van der Waals surface area contributed by atoms with Gasteiger partial charge in [-0.25, -0.2) is 0 Å². The van der Waals surface area contributed by atoms with Crippen molar-refractivity contribution in [1.82, 2.24) is 5.32 Å². The SMILES string of the molecule is NCc1ccc(C(=O)NC2C=CC(C(=O)O)C2)cc1. The topological polar surface area (TPSA) is 92.4 Å². The smallest absolute Gasteiger partial charge is 0.310 e. The van der Waals surface area contributed by atoms with Gasteiger partial charge in [0.15, 0.2) is 0 Å². The molecule has 1 aliphatic carbocycles. The molecule has 0 saturated carbocycles. The Bertz CT molecular complexity index is 508. The summed E-state index contributed by atoms with van der Waals surface area (Å²) in [4.78, 5) is 22.8. The number of benzene rings is 1. The zero-order chi connectivity index (χ0) is 13.8. The lowest BCUT2D eigenvalue weighted by atomic mass is 10.1. The molecule has 5 heteroatoms. The quantitative estimate of drug-likeness (QED) is 0.701. The molecular weight excluding hydrogens is 244 g/mol. The van der Waals surface area contributed by atoms with Gasteiger partial charge < -0.3 is 16.2 Å². The average molecular weight is 260 g/mol. The van der Waals surface area contributed by atoms with Crippen LogP contribution in [0.25, 0.3) is 0 Å². The fourth-order valence-electron chi connectivity index (χ4n) is 2.03. The van der Waals surface area contributed by atoms with Crippen molar-refractivity contribution < 1.29 is 14.7 Å². The molecule has 1 aromatic carbocycles. The maximum atomic E-state index is 12.0. The molecule has 2 atom stereocenters. The molecule has 1 amide bonds. The van der Waals surface area contributed by atoms with Crippen LogP contribution in [0, 0.1) is 5.92 Å². The van der Waals surface area contributed by atoms with E-state index in [0.717, 1.165) is 5.56 Å². The number of amides is 1. The first kappa shape index (κ1) is 13.3. The molecule has 0 aliphatic heterocycles. The molecule has 19 heavy (non-hydrogen) atoms. The average Bonchev–Trinajstić information content (AvgIpc) is 2.87. The van der Waals surface area contributed by atoms with Gasteiger partial charge >= 0.3 is 5.97 Å². The predicted octanol–water partition coefficient (Wildman–Crippen LogP) is 0.904. The minimum atomic E-state index is -0.861. The summed E-state index contributed by atoms with van der Waals surface area (Å²) in [7, 11) is 0. The molecule has 5 nitrogen and oxygen atoms in total. The fourth-order valence-corrected chi connectivity index (χ4v) is 2.03. The lowest BCUT2D eigenvalue weighted by molar-refractivity contribution is -0.140. The first-order valence-electron chi connectivity index (χ1n) is 6.11. The second-order valence-corrected chi connectivity index (χ2v) is 4.55. The Morgan fingerprint density at radius 2 is 1.95 bits per heavy atom. The third-order valence-corrected chi connectivity index (χ3v) is 3.17. The van der Waals surface area contributed by atoms with E-state index >= 15 is 0 Å². The van der Waals surface area contributed by atoms with Crippen LogP contribution in [-0.4, -0.2) is 23.0 Å². The first-order chi connectivity index (χ1) is 9.10. The standard InChI is InChI=1S/C14H16N2O3/c15-8-9-1-3-10(4-2-9)13(17)16-12-6-5-11(7-12)14(18)19/h1-6,11-12H,7-8,15H2,(H,16,17)(H,18,19). The number of nitrogens with two attached hydrogens (primary N) is 1. The van der Waals surface area contributed by atoms with Gasteiger partial charge in [0.25, 0.3) is 5.91 Å². The van der Waals surface area contributed by atoms with E-state index in [-0.39, 0.29) is 11.9 Å². The molecular formula is C14H16N2O3. The minimum absolute atomic E-state index is 0.204. The minimum Gasteiger partial charge on any atom is -0.481 e. The van der Waals surface area contributed by atoms with Crippen LogP contribution in [0.5, 0.6) is 0 Å².